The van der Waals surface area contributed by atoms with E-state index in [-0.39, 0.29) is 10.8 Å². The van der Waals surface area contributed by atoms with Gasteiger partial charge in [0.15, 0.2) is 0 Å². The fraction of sp³-hybridized carbons (Fsp3) is 0.259. The van der Waals surface area contributed by atoms with Gasteiger partial charge in [0.25, 0.3) is 0 Å². The molecular formula is C58H57NO2. The molecule has 0 saturated heterocycles. The first kappa shape index (κ1) is 40.2. The van der Waals surface area contributed by atoms with Crippen molar-refractivity contribution in [3.63, 3.8) is 0 Å². The number of ether oxygens (including phenoxy) is 1. The van der Waals surface area contributed by atoms with Gasteiger partial charge in [-0.3, -0.25) is 4.79 Å². The molecule has 3 nitrogen and oxygen atoms in total. The zero-order valence-corrected chi connectivity index (χ0v) is 36.9. The zero-order valence-electron chi connectivity index (χ0n) is 36.9. The highest BCUT2D eigenvalue weighted by Gasteiger charge is 2.49. The fourth-order valence-corrected chi connectivity index (χ4v) is 11.8. The number of hydrogen-bond acceptors (Lipinski definition) is 3. The Labute approximate surface area is 362 Å². The van der Waals surface area contributed by atoms with E-state index in [9.17, 15) is 4.79 Å². The minimum Gasteiger partial charge on any atom is -0.496 e. The Hall–Kier alpha value is -6.19. The number of carbonyl (C=O) groups excluding carboxylic acids is 1. The van der Waals surface area contributed by atoms with Crippen molar-refractivity contribution in [2.24, 2.45) is 23.7 Å². The topological polar surface area (TPSA) is 29.5 Å². The zero-order chi connectivity index (χ0) is 42.6. The van der Waals surface area contributed by atoms with Crippen molar-refractivity contribution in [3.05, 3.63) is 191 Å². The van der Waals surface area contributed by atoms with Crippen molar-refractivity contribution in [1.29, 1.82) is 0 Å². The van der Waals surface area contributed by atoms with Crippen molar-refractivity contribution in [2.45, 2.75) is 72.8 Å². The number of aldehydes is 1. The molecule has 306 valence electrons. The molecule has 0 fully saturated rings. The van der Waals surface area contributed by atoms with E-state index >= 15 is 0 Å². The molecule has 3 heteroatoms. The number of rotatable bonds is 12. The predicted molar refractivity (Wildman–Crippen MR) is 256 cm³/mol. The Morgan fingerprint density at radius 1 is 0.492 bits per heavy atom. The lowest BCUT2D eigenvalue weighted by molar-refractivity contribution is 0.112. The highest BCUT2D eigenvalue weighted by atomic mass is 16.5. The molecule has 0 heterocycles. The Balaban J connectivity index is 1.18. The Morgan fingerprint density at radius 2 is 0.951 bits per heavy atom. The van der Waals surface area contributed by atoms with E-state index in [2.05, 4.69) is 182 Å². The number of hydrogen-bond donors (Lipinski definition) is 0. The van der Waals surface area contributed by atoms with Crippen LogP contribution in [0.2, 0.25) is 0 Å². The van der Waals surface area contributed by atoms with Gasteiger partial charge in [-0.25, -0.2) is 0 Å². The van der Waals surface area contributed by atoms with Gasteiger partial charge in [0.05, 0.1) is 6.26 Å². The molecule has 0 unspecified atom stereocenters. The quantitative estimate of drug-likeness (QED) is 0.0911. The molecule has 0 amide bonds. The molecule has 7 aromatic carbocycles. The highest BCUT2D eigenvalue weighted by Crippen LogP contribution is 2.59. The maximum absolute atomic E-state index is 11.5. The van der Waals surface area contributed by atoms with Gasteiger partial charge < -0.3 is 9.64 Å². The smallest absolute Gasteiger partial charge is 0.150 e. The molecule has 0 spiro atoms. The third-order valence-corrected chi connectivity index (χ3v) is 14.3. The molecule has 2 aliphatic carbocycles. The molecule has 7 aromatic rings. The summed E-state index contributed by atoms with van der Waals surface area (Å²) in [5.74, 6) is 1.60. The molecule has 0 atom stereocenters. The first-order valence-electron chi connectivity index (χ1n) is 22.2. The second kappa shape index (κ2) is 15.7. The van der Waals surface area contributed by atoms with Crippen LogP contribution in [0.25, 0.3) is 39.1 Å². The summed E-state index contributed by atoms with van der Waals surface area (Å²) < 4.78 is 5.87. The van der Waals surface area contributed by atoms with Crippen molar-refractivity contribution in [3.8, 4) is 22.3 Å². The van der Waals surface area contributed by atoms with E-state index in [1.54, 1.807) is 6.26 Å². The van der Waals surface area contributed by atoms with E-state index in [0.29, 0.717) is 35.8 Å². The van der Waals surface area contributed by atoms with Crippen LogP contribution in [-0.2, 0) is 22.2 Å². The number of benzene rings is 7. The molecule has 0 aliphatic heterocycles. The van der Waals surface area contributed by atoms with Gasteiger partial charge in [-0.2, -0.15) is 0 Å². The lowest BCUT2D eigenvalue weighted by Crippen LogP contribution is -2.37. The van der Waals surface area contributed by atoms with E-state index in [1.807, 2.05) is 30.3 Å². The predicted octanol–water partition coefficient (Wildman–Crippen LogP) is 15.5. The average Bonchev–Trinajstić information content (AvgIpc) is 3.74. The lowest BCUT2D eigenvalue weighted by atomic mass is 9.63. The van der Waals surface area contributed by atoms with Gasteiger partial charge in [-0.05, 0) is 139 Å². The first-order valence-corrected chi connectivity index (χ1v) is 22.2. The molecule has 2 aliphatic rings. The normalized spacial score (nSPS) is 14.5. The second-order valence-corrected chi connectivity index (χ2v) is 18.5. The van der Waals surface area contributed by atoms with Gasteiger partial charge in [-0.15, -0.1) is 0 Å². The van der Waals surface area contributed by atoms with Crippen LogP contribution in [0, 0.1) is 23.7 Å². The lowest BCUT2D eigenvalue weighted by Gasteiger charge is -2.41. The second-order valence-electron chi connectivity index (χ2n) is 18.5. The summed E-state index contributed by atoms with van der Waals surface area (Å²) in [6.45, 7) is 19.5. The molecule has 61 heavy (non-hydrogen) atoms. The van der Waals surface area contributed by atoms with Gasteiger partial charge in [-0.1, -0.05) is 159 Å². The van der Waals surface area contributed by atoms with Crippen LogP contribution in [0.15, 0.2) is 152 Å². The summed E-state index contributed by atoms with van der Waals surface area (Å²) in [6.07, 6.45) is 4.59. The summed E-state index contributed by atoms with van der Waals surface area (Å²) in [5.41, 5.74) is 16.9. The number of anilines is 3. The van der Waals surface area contributed by atoms with E-state index in [0.717, 1.165) is 28.5 Å². The van der Waals surface area contributed by atoms with Gasteiger partial charge in [0, 0.05) is 33.5 Å². The molecule has 0 saturated carbocycles. The van der Waals surface area contributed by atoms with Gasteiger partial charge >= 0.3 is 0 Å². The number of fused-ring (bicyclic) bond motifs is 7. The van der Waals surface area contributed by atoms with Crippen LogP contribution >= 0.6 is 0 Å². The van der Waals surface area contributed by atoms with E-state index in [1.165, 1.54) is 61.3 Å². The molecule has 0 radical (unpaired) electrons. The standard InChI is InChI=1S/C58H57NO2/c1-37(2)57(38(3)4)53-19-13-11-17-49(53)51-27-25-47(33-55(51)57)59(48-26-28-52-50-18-12-14-20-54(50)58(39(5)6,40(7)8)56(52)34-48)46-24-23-42-31-41(21-22-43(42)32-46)29-30-61-36-45-16-10-9-15-44(45)35-60/h9-35,37-40H,36H2,1-8H3. The van der Waals surface area contributed by atoms with Crippen LogP contribution in [-0.4, -0.2) is 6.29 Å². The molecule has 0 aromatic heterocycles. The van der Waals surface area contributed by atoms with E-state index < -0.39 is 0 Å². The monoisotopic (exact) mass is 799 g/mol. The van der Waals surface area contributed by atoms with Crippen LogP contribution in [0.1, 0.15) is 99.1 Å². The van der Waals surface area contributed by atoms with Crippen molar-refractivity contribution in [1.82, 2.24) is 0 Å². The van der Waals surface area contributed by atoms with Crippen molar-refractivity contribution >= 4 is 40.2 Å². The summed E-state index contributed by atoms with van der Waals surface area (Å²) >= 11 is 0. The first-order chi connectivity index (χ1) is 29.5. The Bertz CT molecular complexity index is 2690. The van der Waals surface area contributed by atoms with Crippen LogP contribution in [0.4, 0.5) is 17.1 Å². The summed E-state index contributed by atoms with van der Waals surface area (Å²) in [5, 5.41) is 2.32. The number of nitrogens with zero attached hydrogens (tertiary/aromatic N) is 1. The molecule has 0 N–H and O–H groups in total. The minimum absolute atomic E-state index is 0.119. The largest absolute Gasteiger partial charge is 0.496 e. The summed E-state index contributed by atoms with van der Waals surface area (Å²) in [7, 11) is 0. The minimum atomic E-state index is -0.119. The summed E-state index contributed by atoms with van der Waals surface area (Å²) in [6, 6.07) is 53.7. The fourth-order valence-electron chi connectivity index (χ4n) is 11.8. The average molecular weight is 800 g/mol. The molecule has 9 rings (SSSR count). The molecular weight excluding hydrogens is 743 g/mol. The summed E-state index contributed by atoms with van der Waals surface area (Å²) in [4.78, 5) is 14.0. The number of carbonyl (C=O) groups is 1. The van der Waals surface area contributed by atoms with E-state index in [4.69, 9.17) is 4.74 Å². The maximum Gasteiger partial charge on any atom is 0.150 e. The Morgan fingerprint density at radius 3 is 1.51 bits per heavy atom. The van der Waals surface area contributed by atoms with Crippen LogP contribution in [0.3, 0.4) is 0 Å². The third-order valence-electron chi connectivity index (χ3n) is 14.3. The SMILES string of the molecule is CC(C)C1(C(C)C)c2ccccc2-c2ccc(N(c3ccc4c(c3)C(C(C)C)(C(C)C)c3ccccc3-4)c3ccc4cc(C=COCc5ccccc5C=O)ccc4c3)cc21. The van der Waals surface area contributed by atoms with Crippen molar-refractivity contribution in [2.75, 3.05) is 4.90 Å². The van der Waals surface area contributed by atoms with Gasteiger partial charge in [0.2, 0.25) is 0 Å². The van der Waals surface area contributed by atoms with Crippen LogP contribution in [0.5, 0.6) is 0 Å². The van der Waals surface area contributed by atoms with Gasteiger partial charge in [0.1, 0.15) is 12.9 Å². The Kier molecular flexibility index (Phi) is 10.3. The third kappa shape index (κ3) is 6.27. The van der Waals surface area contributed by atoms with Crippen molar-refractivity contribution < 1.29 is 9.53 Å². The molecule has 0 bridgehead atoms. The van der Waals surface area contributed by atoms with Crippen LogP contribution < -0.4 is 4.90 Å². The highest BCUT2D eigenvalue weighted by molar-refractivity contribution is 5.93. The maximum atomic E-state index is 11.5.